The molecule has 0 spiro atoms. The number of hydrogen-bond donors (Lipinski definition) is 1. The number of anilines is 1. The summed E-state index contributed by atoms with van der Waals surface area (Å²) in [6, 6.07) is 9.46. The van der Waals surface area contributed by atoms with Crippen molar-refractivity contribution in [3.05, 3.63) is 51.8 Å². The molecule has 0 unspecified atom stereocenters. The Labute approximate surface area is 114 Å². The molecule has 18 heavy (non-hydrogen) atoms. The lowest BCUT2D eigenvalue weighted by Gasteiger charge is -2.16. The van der Waals surface area contributed by atoms with Crippen LogP contribution >= 0.6 is 23.2 Å². The van der Waals surface area contributed by atoms with Crippen LogP contribution in [-0.2, 0) is 6.42 Å². The summed E-state index contributed by atoms with van der Waals surface area (Å²) in [6.07, 6.45) is 0.879. The molecule has 1 aliphatic rings. The third kappa shape index (κ3) is 1.80. The minimum Gasteiger partial charge on any atom is -0.340 e. The fourth-order valence-corrected chi connectivity index (χ4v) is 2.53. The van der Waals surface area contributed by atoms with E-state index in [4.69, 9.17) is 23.2 Å². The highest BCUT2D eigenvalue weighted by Gasteiger charge is 2.26. The molecule has 3 nitrogen and oxygen atoms in total. The Morgan fingerprint density at radius 1 is 1.28 bits per heavy atom. The van der Waals surface area contributed by atoms with Crippen molar-refractivity contribution >= 4 is 34.8 Å². The van der Waals surface area contributed by atoms with Gasteiger partial charge in [0.25, 0.3) is 5.91 Å². The van der Waals surface area contributed by atoms with E-state index in [2.05, 4.69) is 4.98 Å². The van der Waals surface area contributed by atoms with Gasteiger partial charge in [-0.3, -0.25) is 4.79 Å². The van der Waals surface area contributed by atoms with E-state index in [0.29, 0.717) is 22.4 Å². The predicted molar refractivity (Wildman–Crippen MR) is 72.6 cm³/mol. The molecule has 0 saturated heterocycles. The number of carbonyl (C=O) groups is 1. The summed E-state index contributed by atoms with van der Waals surface area (Å²) in [7, 11) is 0. The second kappa shape index (κ2) is 4.34. The summed E-state index contributed by atoms with van der Waals surface area (Å²) in [5.74, 6) is -0.103. The second-order valence-corrected chi connectivity index (χ2v) is 4.97. The van der Waals surface area contributed by atoms with Gasteiger partial charge in [0.05, 0.1) is 5.02 Å². The summed E-state index contributed by atoms with van der Waals surface area (Å²) in [5, 5.41) is 0.667. The van der Waals surface area contributed by atoms with E-state index in [1.807, 2.05) is 24.3 Å². The number of halogens is 2. The predicted octanol–water partition coefficient (Wildman–Crippen LogP) is 3.52. The molecule has 1 amide bonds. The maximum absolute atomic E-state index is 12.4. The van der Waals surface area contributed by atoms with Crippen molar-refractivity contribution < 1.29 is 4.79 Å². The maximum Gasteiger partial charge on any atom is 0.274 e. The Hall–Kier alpha value is -1.45. The van der Waals surface area contributed by atoms with E-state index in [-0.39, 0.29) is 5.91 Å². The van der Waals surface area contributed by atoms with Crippen LogP contribution in [0.25, 0.3) is 0 Å². The van der Waals surface area contributed by atoms with Gasteiger partial charge in [0.15, 0.2) is 0 Å². The van der Waals surface area contributed by atoms with Gasteiger partial charge >= 0.3 is 0 Å². The molecule has 1 aromatic carbocycles. The molecular formula is C13H10Cl2N2O. The highest BCUT2D eigenvalue weighted by Crippen LogP contribution is 2.30. The molecule has 1 aliphatic heterocycles. The van der Waals surface area contributed by atoms with Crippen LogP contribution in [0.15, 0.2) is 30.3 Å². The normalized spacial score (nSPS) is 13.8. The Morgan fingerprint density at radius 3 is 2.78 bits per heavy atom. The molecule has 92 valence electrons. The second-order valence-electron chi connectivity index (χ2n) is 4.18. The lowest BCUT2D eigenvalue weighted by atomic mass is 10.2. The number of amides is 1. The van der Waals surface area contributed by atoms with Crippen LogP contribution in [-0.4, -0.2) is 17.4 Å². The molecule has 0 atom stereocenters. The van der Waals surface area contributed by atoms with Crippen molar-refractivity contribution in [2.75, 3.05) is 11.4 Å². The first-order valence-corrected chi connectivity index (χ1v) is 6.36. The fourth-order valence-electron chi connectivity index (χ4n) is 2.21. The van der Waals surface area contributed by atoms with Gasteiger partial charge in [0, 0.05) is 12.2 Å². The average Bonchev–Trinajstić information content (AvgIpc) is 2.93. The molecular weight excluding hydrogens is 271 g/mol. The molecule has 0 aliphatic carbocycles. The van der Waals surface area contributed by atoms with Crippen LogP contribution in [0.3, 0.4) is 0 Å². The lowest BCUT2D eigenvalue weighted by Crippen LogP contribution is -2.29. The molecule has 0 radical (unpaired) electrons. The average molecular weight is 281 g/mol. The van der Waals surface area contributed by atoms with Crippen LogP contribution in [0.5, 0.6) is 0 Å². The number of H-pyrrole nitrogens is 1. The number of nitrogens with zero attached hydrogens (tertiary/aromatic N) is 1. The van der Waals surface area contributed by atoms with Crippen molar-refractivity contribution in [2.24, 2.45) is 0 Å². The number of benzene rings is 1. The minimum absolute atomic E-state index is 0.103. The standard InChI is InChI=1S/C13H10Cl2N2O/c14-9-7-10(16-12(9)15)13(18)17-6-5-8-3-1-2-4-11(8)17/h1-4,7,16H,5-6H2. The quantitative estimate of drug-likeness (QED) is 0.853. The van der Waals surface area contributed by atoms with Crippen LogP contribution in [0.1, 0.15) is 16.1 Å². The van der Waals surface area contributed by atoms with Crippen LogP contribution < -0.4 is 4.90 Å². The zero-order chi connectivity index (χ0) is 12.7. The summed E-state index contributed by atoms with van der Waals surface area (Å²) in [5.41, 5.74) is 2.57. The highest BCUT2D eigenvalue weighted by molar-refractivity contribution is 6.41. The number of nitrogens with one attached hydrogen (secondary N) is 1. The van der Waals surface area contributed by atoms with Gasteiger partial charge in [-0.25, -0.2) is 0 Å². The number of para-hydroxylation sites is 1. The van der Waals surface area contributed by atoms with E-state index in [9.17, 15) is 4.79 Å². The lowest BCUT2D eigenvalue weighted by molar-refractivity contribution is 0.0985. The van der Waals surface area contributed by atoms with Crippen molar-refractivity contribution in [3.8, 4) is 0 Å². The first-order valence-electron chi connectivity index (χ1n) is 5.60. The van der Waals surface area contributed by atoms with E-state index in [1.54, 1.807) is 11.0 Å². The summed E-state index contributed by atoms with van der Waals surface area (Å²) in [4.78, 5) is 16.9. The zero-order valence-corrected chi connectivity index (χ0v) is 10.9. The number of hydrogen-bond acceptors (Lipinski definition) is 1. The van der Waals surface area contributed by atoms with E-state index < -0.39 is 0 Å². The van der Waals surface area contributed by atoms with Crippen molar-refractivity contribution in [3.63, 3.8) is 0 Å². The van der Waals surface area contributed by atoms with Crippen molar-refractivity contribution in [1.82, 2.24) is 4.98 Å². The number of aromatic nitrogens is 1. The third-order valence-electron chi connectivity index (χ3n) is 3.09. The number of rotatable bonds is 1. The van der Waals surface area contributed by atoms with E-state index in [0.717, 1.165) is 12.1 Å². The first kappa shape index (κ1) is 11.6. The van der Waals surface area contributed by atoms with Crippen molar-refractivity contribution in [1.29, 1.82) is 0 Å². The van der Waals surface area contributed by atoms with Crippen LogP contribution in [0.2, 0.25) is 10.2 Å². The molecule has 0 fully saturated rings. The molecule has 1 N–H and O–H groups in total. The van der Waals surface area contributed by atoms with Gasteiger partial charge in [0.1, 0.15) is 10.8 Å². The molecule has 0 saturated carbocycles. The Kier molecular flexibility index (Phi) is 2.80. The zero-order valence-electron chi connectivity index (χ0n) is 9.41. The van der Waals surface area contributed by atoms with E-state index in [1.165, 1.54) is 5.56 Å². The fraction of sp³-hybridized carbons (Fsp3) is 0.154. The van der Waals surface area contributed by atoms with Gasteiger partial charge in [-0.2, -0.15) is 0 Å². The van der Waals surface area contributed by atoms with Gasteiger partial charge < -0.3 is 9.88 Å². The van der Waals surface area contributed by atoms with Gasteiger partial charge in [-0.1, -0.05) is 41.4 Å². The van der Waals surface area contributed by atoms with Gasteiger partial charge in [-0.15, -0.1) is 0 Å². The molecule has 3 rings (SSSR count). The van der Waals surface area contributed by atoms with Crippen molar-refractivity contribution in [2.45, 2.75) is 6.42 Å². The Bertz CT molecular complexity index is 602. The van der Waals surface area contributed by atoms with Crippen LogP contribution in [0.4, 0.5) is 5.69 Å². The Morgan fingerprint density at radius 2 is 2.06 bits per heavy atom. The SMILES string of the molecule is O=C(c1cc(Cl)c(Cl)[nH]1)N1CCc2ccccc21. The van der Waals surface area contributed by atoms with Crippen LogP contribution in [0, 0.1) is 0 Å². The maximum atomic E-state index is 12.4. The summed E-state index contributed by atoms with van der Waals surface area (Å²) >= 11 is 11.7. The summed E-state index contributed by atoms with van der Waals surface area (Å²) in [6.45, 7) is 0.687. The topological polar surface area (TPSA) is 36.1 Å². The molecule has 2 aromatic rings. The smallest absolute Gasteiger partial charge is 0.274 e. The molecule has 1 aromatic heterocycles. The largest absolute Gasteiger partial charge is 0.340 e. The minimum atomic E-state index is -0.103. The Balaban J connectivity index is 1.95. The first-order chi connectivity index (χ1) is 8.66. The van der Waals surface area contributed by atoms with Gasteiger partial charge in [-0.05, 0) is 24.1 Å². The van der Waals surface area contributed by atoms with E-state index >= 15 is 0 Å². The molecule has 5 heteroatoms. The number of carbonyl (C=O) groups excluding carboxylic acids is 1. The van der Waals surface area contributed by atoms with Gasteiger partial charge in [0.2, 0.25) is 0 Å². The monoisotopic (exact) mass is 280 g/mol. The molecule has 0 bridgehead atoms. The third-order valence-corrected chi connectivity index (χ3v) is 3.78. The summed E-state index contributed by atoms with van der Waals surface area (Å²) < 4.78 is 0. The molecule has 2 heterocycles. The number of fused-ring (bicyclic) bond motifs is 1. The number of aromatic amines is 1. The highest BCUT2D eigenvalue weighted by atomic mass is 35.5.